The predicted molar refractivity (Wildman–Crippen MR) is 87.6 cm³/mol. The van der Waals surface area contributed by atoms with Crippen LogP contribution in [0.4, 0.5) is 0 Å². The smallest absolute Gasteiger partial charge is 0.123 e. The number of fused-ring (bicyclic) bond motifs is 1. The molecule has 0 saturated carbocycles. The molecule has 3 rings (SSSR count). The fourth-order valence-corrected chi connectivity index (χ4v) is 2.96. The minimum Gasteiger partial charge on any atom is -0.490 e. The molecular formula is C15H24Cl2N2O. The molecule has 0 bridgehead atoms. The first-order chi connectivity index (χ1) is 8.74. The highest BCUT2D eigenvalue weighted by Gasteiger charge is 2.22. The lowest BCUT2D eigenvalue weighted by atomic mass is 10.0. The number of hydrogen-bond donors (Lipinski definition) is 1. The van der Waals surface area contributed by atoms with Crippen LogP contribution < -0.4 is 10.1 Å². The van der Waals surface area contributed by atoms with Gasteiger partial charge in [-0.15, -0.1) is 24.8 Å². The second-order valence-electron chi connectivity index (χ2n) is 5.46. The average Bonchev–Trinajstić information content (AvgIpc) is 2.78. The molecule has 0 aliphatic carbocycles. The minimum atomic E-state index is 0. The summed E-state index contributed by atoms with van der Waals surface area (Å²) in [5.41, 5.74) is 2.74. The zero-order valence-electron chi connectivity index (χ0n) is 12.1. The Balaban J connectivity index is 0.000001000. The van der Waals surface area contributed by atoms with E-state index in [9.17, 15) is 0 Å². The van der Waals surface area contributed by atoms with Gasteiger partial charge in [-0.25, -0.2) is 0 Å². The van der Waals surface area contributed by atoms with Gasteiger partial charge in [0.2, 0.25) is 0 Å². The molecule has 1 fully saturated rings. The quantitative estimate of drug-likeness (QED) is 0.907. The minimum absolute atomic E-state index is 0. The second-order valence-corrected chi connectivity index (χ2v) is 5.46. The first-order valence-corrected chi connectivity index (χ1v) is 6.98. The van der Waals surface area contributed by atoms with Crippen molar-refractivity contribution in [1.29, 1.82) is 0 Å². The maximum atomic E-state index is 5.85. The Bertz CT molecular complexity index is 436. The van der Waals surface area contributed by atoms with Crippen molar-refractivity contribution in [1.82, 2.24) is 10.2 Å². The molecule has 0 spiro atoms. The van der Waals surface area contributed by atoms with Crippen LogP contribution >= 0.6 is 24.8 Å². The van der Waals surface area contributed by atoms with Gasteiger partial charge in [0, 0.05) is 38.6 Å². The lowest BCUT2D eigenvalue weighted by molar-refractivity contribution is 0.185. The Hall–Kier alpha value is -0.480. The van der Waals surface area contributed by atoms with Crippen molar-refractivity contribution in [3.05, 3.63) is 29.3 Å². The molecule has 2 aliphatic rings. The van der Waals surface area contributed by atoms with Gasteiger partial charge in [0.15, 0.2) is 0 Å². The number of hydrogen-bond acceptors (Lipinski definition) is 3. The molecule has 3 nitrogen and oxygen atoms in total. The number of ether oxygens (including phenoxy) is 1. The molecule has 1 aromatic rings. The predicted octanol–water partition coefficient (Wildman–Crippen LogP) is 2.82. The van der Waals surface area contributed by atoms with Gasteiger partial charge in [-0.2, -0.15) is 0 Å². The molecule has 1 N–H and O–H groups in total. The topological polar surface area (TPSA) is 24.5 Å². The standard InChI is InChI=1S/C15H22N2O.2ClH/c1-11-9-14-4-3-13(10-15(14)18-11)12(2)17-7-5-16-6-8-17;;/h3-4,10-12,16H,5-9H2,1-2H3;2*1H/t11-,12?;;/m1../s1. The number of halogens is 2. The number of nitrogens with one attached hydrogen (secondary N) is 1. The van der Waals surface area contributed by atoms with Crippen molar-refractivity contribution < 1.29 is 4.74 Å². The molecule has 2 heterocycles. The van der Waals surface area contributed by atoms with Gasteiger partial charge in [0.25, 0.3) is 0 Å². The number of piperazine rings is 1. The van der Waals surface area contributed by atoms with Crippen molar-refractivity contribution in [3.8, 4) is 5.75 Å². The summed E-state index contributed by atoms with van der Waals surface area (Å²) >= 11 is 0. The van der Waals surface area contributed by atoms with E-state index in [-0.39, 0.29) is 24.8 Å². The summed E-state index contributed by atoms with van der Waals surface area (Å²) in [6, 6.07) is 7.24. The van der Waals surface area contributed by atoms with Crippen LogP contribution in [-0.2, 0) is 6.42 Å². The molecule has 20 heavy (non-hydrogen) atoms. The largest absolute Gasteiger partial charge is 0.490 e. The van der Waals surface area contributed by atoms with Gasteiger partial charge in [-0.05, 0) is 31.0 Å². The van der Waals surface area contributed by atoms with E-state index in [0.29, 0.717) is 12.1 Å². The van der Waals surface area contributed by atoms with Crippen LogP contribution in [0.2, 0.25) is 0 Å². The molecule has 2 aliphatic heterocycles. The molecule has 0 aromatic heterocycles. The van der Waals surface area contributed by atoms with Gasteiger partial charge >= 0.3 is 0 Å². The fourth-order valence-electron chi connectivity index (χ4n) is 2.96. The van der Waals surface area contributed by atoms with Crippen LogP contribution in [0.1, 0.15) is 31.0 Å². The van der Waals surface area contributed by atoms with Crippen LogP contribution in [0.15, 0.2) is 18.2 Å². The Labute approximate surface area is 133 Å². The summed E-state index contributed by atoms with van der Waals surface area (Å²) in [7, 11) is 0. The van der Waals surface area contributed by atoms with E-state index < -0.39 is 0 Å². The molecule has 1 unspecified atom stereocenters. The van der Waals surface area contributed by atoms with E-state index in [1.165, 1.54) is 11.1 Å². The monoisotopic (exact) mass is 318 g/mol. The molecule has 0 amide bonds. The van der Waals surface area contributed by atoms with Crippen molar-refractivity contribution in [2.24, 2.45) is 0 Å². The molecule has 2 atom stereocenters. The lowest BCUT2D eigenvalue weighted by Gasteiger charge is -2.33. The van der Waals surface area contributed by atoms with Gasteiger partial charge < -0.3 is 10.1 Å². The van der Waals surface area contributed by atoms with Crippen LogP contribution in [-0.4, -0.2) is 37.2 Å². The third kappa shape index (κ3) is 3.59. The number of nitrogens with zero attached hydrogens (tertiary/aromatic N) is 1. The molecule has 1 saturated heterocycles. The SMILES string of the molecule is CC(c1ccc2c(c1)O[C@H](C)C2)N1CCNCC1.Cl.Cl. The molecule has 1 aromatic carbocycles. The zero-order valence-corrected chi connectivity index (χ0v) is 13.7. The Morgan fingerprint density at radius 1 is 1.25 bits per heavy atom. The van der Waals surface area contributed by atoms with Crippen LogP contribution in [0.3, 0.4) is 0 Å². The highest BCUT2D eigenvalue weighted by atomic mass is 35.5. The van der Waals surface area contributed by atoms with Gasteiger partial charge in [0.05, 0.1) is 0 Å². The van der Waals surface area contributed by atoms with Crippen LogP contribution in [0, 0.1) is 0 Å². The second kappa shape index (κ2) is 7.51. The van der Waals surface area contributed by atoms with E-state index in [1.54, 1.807) is 0 Å². The third-order valence-corrected chi connectivity index (χ3v) is 4.11. The van der Waals surface area contributed by atoms with E-state index in [2.05, 4.69) is 42.3 Å². The Morgan fingerprint density at radius 2 is 1.95 bits per heavy atom. The summed E-state index contributed by atoms with van der Waals surface area (Å²) in [6.07, 6.45) is 1.39. The average molecular weight is 319 g/mol. The Morgan fingerprint density at radius 3 is 2.65 bits per heavy atom. The summed E-state index contributed by atoms with van der Waals surface area (Å²) < 4.78 is 5.85. The van der Waals surface area contributed by atoms with E-state index >= 15 is 0 Å². The summed E-state index contributed by atoms with van der Waals surface area (Å²) in [6.45, 7) is 8.90. The first-order valence-electron chi connectivity index (χ1n) is 6.98. The van der Waals surface area contributed by atoms with E-state index in [1.807, 2.05) is 0 Å². The molecule has 114 valence electrons. The summed E-state index contributed by atoms with van der Waals surface area (Å²) in [5, 5.41) is 3.40. The first kappa shape index (κ1) is 17.6. The molecular weight excluding hydrogens is 295 g/mol. The van der Waals surface area contributed by atoms with Crippen molar-refractivity contribution in [2.75, 3.05) is 26.2 Å². The summed E-state index contributed by atoms with van der Waals surface area (Å²) in [4.78, 5) is 2.54. The maximum absolute atomic E-state index is 5.85. The molecule has 5 heteroatoms. The highest BCUT2D eigenvalue weighted by Crippen LogP contribution is 2.32. The van der Waals surface area contributed by atoms with Gasteiger partial charge in [-0.1, -0.05) is 12.1 Å². The zero-order chi connectivity index (χ0) is 12.5. The number of rotatable bonds is 2. The van der Waals surface area contributed by atoms with E-state index in [4.69, 9.17) is 4.74 Å². The maximum Gasteiger partial charge on any atom is 0.123 e. The van der Waals surface area contributed by atoms with Crippen LogP contribution in [0.25, 0.3) is 0 Å². The van der Waals surface area contributed by atoms with Crippen molar-refractivity contribution in [3.63, 3.8) is 0 Å². The van der Waals surface area contributed by atoms with Crippen LogP contribution in [0.5, 0.6) is 5.75 Å². The Kier molecular flexibility index (Phi) is 6.59. The number of benzene rings is 1. The summed E-state index contributed by atoms with van der Waals surface area (Å²) in [5.74, 6) is 1.10. The normalized spacial score (nSPS) is 23.0. The van der Waals surface area contributed by atoms with Gasteiger partial charge in [0.1, 0.15) is 11.9 Å². The fraction of sp³-hybridized carbons (Fsp3) is 0.600. The highest BCUT2D eigenvalue weighted by molar-refractivity contribution is 5.85. The van der Waals surface area contributed by atoms with Gasteiger partial charge in [-0.3, -0.25) is 4.90 Å². The third-order valence-electron chi connectivity index (χ3n) is 4.11. The lowest BCUT2D eigenvalue weighted by Crippen LogP contribution is -2.44. The van der Waals surface area contributed by atoms with E-state index in [0.717, 1.165) is 38.3 Å². The van der Waals surface area contributed by atoms with Crippen molar-refractivity contribution >= 4 is 24.8 Å². The van der Waals surface area contributed by atoms with Crippen molar-refractivity contribution in [2.45, 2.75) is 32.4 Å². The molecule has 0 radical (unpaired) electrons.